The minimum Gasteiger partial charge on any atom is -0.354 e. The molecule has 118 valence electrons. The molecule has 2 N–H and O–H groups in total. The number of rotatable bonds is 6. The lowest BCUT2D eigenvalue weighted by Gasteiger charge is -2.13. The molecule has 1 heterocycles. The fourth-order valence-electron chi connectivity index (χ4n) is 2.47. The zero-order chi connectivity index (χ0) is 16.1. The molecular formula is C16H21N3O3. The summed E-state index contributed by atoms with van der Waals surface area (Å²) in [5.74, 6) is -0.123. The van der Waals surface area contributed by atoms with Gasteiger partial charge in [0.2, 0.25) is 5.91 Å². The van der Waals surface area contributed by atoms with Crippen molar-refractivity contribution >= 4 is 16.7 Å². The Morgan fingerprint density at radius 3 is 2.64 bits per heavy atom. The molecular weight excluding hydrogens is 282 g/mol. The van der Waals surface area contributed by atoms with E-state index < -0.39 is 0 Å². The number of hydrogen-bond acceptors (Lipinski definition) is 3. The highest BCUT2D eigenvalue weighted by atomic mass is 16.2. The van der Waals surface area contributed by atoms with Crippen molar-refractivity contribution in [2.24, 2.45) is 0 Å². The average Bonchev–Trinajstić information content (AvgIpc) is 2.49. The van der Waals surface area contributed by atoms with Crippen LogP contribution in [0.15, 0.2) is 33.9 Å². The summed E-state index contributed by atoms with van der Waals surface area (Å²) < 4.78 is 1.20. The molecule has 1 amide bonds. The van der Waals surface area contributed by atoms with Gasteiger partial charge in [0.1, 0.15) is 0 Å². The summed E-state index contributed by atoms with van der Waals surface area (Å²) in [4.78, 5) is 36.1. The first-order chi connectivity index (χ1) is 10.5. The van der Waals surface area contributed by atoms with Gasteiger partial charge in [0.05, 0.1) is 17.3 Å². The number of fused-ring (bicyclic) bond motifs is 1. The Morgan fingerprint density at radius 1 is 1.27 bits per heavy atom. The highest BCUT2D eigenvalue weighted by molar-refractivity contribution is 5.80. The van der Waals surface area contributed by atoms with E-state index in [1.54, 1.807) is 24.3 Å². The summed E-state index contributed by atoms with van der Waals surface area (Å²) in [6.07, 6.45) is 2.07. The Morgan fingerprint density at radius 2 is 1.95 bits per heavy atom. The molecule has 0 spiro atoms. The molecule has 0 unspecified atom stereocenters. The summed E-state index contributed by atoms with van der Waals surface area (Å²) in [5.41, 5.74) is -0.612. The van der Waals surface area contributed by atoms with Gasteiger partial charge < -0.3 is 5.32 Å². The zero-order valence-corrected chi connectivity index (χ0v) is 12.9. The van der Waals surface area contributed by atoms with Crippen LogP contribution in [0, 0.1) is 0 Å². The predicted molar refractivity (Wildman–Crippen MR) is 86.0 cm³/mol. The van der Waals surface area contributed by atoms with E-state index >= 15 is 0 Å². The molecule has 22 heavy (non-hydrogen) atoms. The maximum Gasteiger partial charge on any atom is 0.273 e. The van der Waals surface area contributed by atoms with Crippen LogP contribution in [0.5, 0.6) is 0 Å². The van der Waals surface area contributed by atoms with E-state index in [0.717, 1.165) is 12.8 Å². The summed E-state index contributed by atoms with van der Waals surface area (Å²) in [5, 5.41) is 6.13. The molecule has 0 radical (unpaired) electrons. The van der Waals surface area contributed by atoms with Gasteiger partial charge in [-0.2, -0.15) is 0 Å². The number of carbonyl (C=O) groups excluding carboxylic acids is 1. The molecule has 1 aromatic carbocycles. The molecule has 0 bridgehead atoms. The van der Waals surface area contributed by atoms with E-state index in [0.29, 0.717) is 10.8 Å². The quantitative estimate of drug-likeness (QED) is 0.845. The molecule has 0 saturated carbocycles. The fraction of sp³-hybridized carbons (Fsp3) is 0.438. The Kier molecular flexibility index (Phi) is 5.14. The van der Waals surface area contributed by atoms with Gasteiger partial charge in [0.25, 0.3) is 11.1 Å². The SMILES string of the molecule is CCC[C@@H](C)NC(=O)CCn1[nH]c(=O)c2ccccc2c1=O. The number of carbonyl (C=O) groups is 1. The Hall–Kier alpha value is -2.37. The first-order valence-electron chi connectivity index (χ1n) is 7.54. The van der Waals surface area contributed by atoms with Gasteiger partial charge >= 0.3 is 0 Å². The summed E-state index contributed by atoms with van der Waals surface area (Å²) in [7, 11) is 0. The summed E-state index contributed by atoms with van der Waals surface area (Å²) in [6, 6.07) is 6.77. The van der Waals surface area contributed by atoms with Gasteiger partial charge in [0.15, 0.2) is 0 Å². The largest absolute Gasteiger partial charge is 0.354 e. The summed E-state index contributed by atoms with van der Waals surface area (Å²) in [6.45, 7) is 4.16. The van der Waals surface area contributed by atoms with Gasteiger partial charge in [0, 0.05) is 12.5 Å². The first kappa shape index (κ1) is 16.0. The molecule has 0 aliphatic rings. The maximum absolute atomic E-state index is 12.3. The lowest BCUT2D eigenvalue weighted by Crippen LogP contribution is -2.35. The minimum absolute atomic E-state index is 0.116. The number of aromatic amines is 1. The maximum atomic E-state index is 12.3. The molecule has 0 fully saturated rings. The molecule has 1 aromatic heterocycles. The second-order valence-corrected chi connectivity index (χ2v) is 5.45. The Labute approximate surface area is 128 Å². The Balaban J connectivity index is 2.13. The molecule has 0 aliphatic heterocycles. The predicted octanol–water partition coefficient (Wildman–Crippen LogP) is 1.38. The number of H-pyrrole nitrogens is 1. The van der Waals surface area contributed by atoms with Crippen LogP contribution in [-0.2, 0) is 11.3 Å². The molecule has 0 saturated heterocycles. The van der Waals surface area contributed by atoms with Crippen LogP contribution >= 0.6 is 0 Å². The smallest absolute Gasteiger partial charge is 0.273 e. The summed E-state index contributed by atoms with van der Waals surface area (Å²) >= 11 is 0. The normalized spacial score (nSPS) is 12.3. The van der Waals surface area contributed by atoms with Crippen molar-refractivity contribution in [3.05, 3.63) is 45.0 Å². The van der Waals surface area contributed by atoms with E-state index in [2.05, 4.69) is 17.3 Å². The van der Waals surface area contributed by atoms with Crippen LogP contribution in [0.4, 0.5) is 0 Å². The molecule has 6 nitrogen and oxygen atoms in total. The highest BCUT2D eigenvalue weighted by Crippen LogP contribution is 2.02. The lowest BCUT2D eigenvalue weighted by atomic mass is 10.2. The third-order valence-corrected chi connectivity index (χ3v) is 3.58. The van der Waals surface area contributed by atoms with Crippen LogP contribution in [0.3, 0.4) is 0 Å². The van der Waals surface area contributed by atoms with Crippen molar-refractivity contribution in [3.63, 3.8) is 0 Å². The van der Waals surface area contributed by atoms with Gasteiger partial charge in [-0.25, -0.2) is 4.68 Å². The third-order valence-electron chi connectivity index (χ3n) is 3.58. The average molecular weight is 303 g/mol. The van der Waals surface area contributed by atoms with Gasteiger partial charge in [-0.3, -0.25) is 19.5 Å². The number of hydrogen-bond donors (Lipinski definition) is 2. The van der Waals surface area contributed by atoms with Crippen molar-refractivity contribution in [2.45, 2.75) is 45.7 Å². The second kappa shape index (κ2) is 7.06. The monoisotopic (exact) mass is 303 g/mol. The third kappa shape index (κ3) is 3.63. The number of nitrogens with one attached hydrogen (secondary N) is 2. The second-order valence-electron chi connectivity index (χ2n) is 5.45. The van der Waals surface area contributed by atoms with Gasteiger partial charge in [-0.15, -0.1) is 0 Å². The van der Waals surface area contributed by atoms with Crippen molar-refractivity contribution < 1.29 is 4.79 Å². The van der Waals surface area contributed by atoms with Crippen LogP contribution in [0.2, 0.25) is 0 Å². The van der Waals surface area contributed by atoms with E-state index in [-0.39, 0.29) is 36.0 Å². The Bertz CT molecular complexity index is 776. The van der Waals surface area contributed by atoms with Crippen molar-refractivity contribution in [1.29, 1.82) is 0 Å². The van der Waals surface area contributed by atoms with Crippen LogP contribution in [0.1, 0.15) is 33.1 Å². The lowest BCUT2D eigenvalue weighted by molar-refractivity contribution is -0.122. The number of amides is 1. The standard InChI is InChI=1S/C16H21N3O3/c1-3-6-11(2)17-14(20)9-10-19-16(22)13-8-5-4-7-12(13)15(21)18-19/h4-5,7-8,11H,3,6,9-10H2,1-2H3,(H,17,20)(H,18,21)/t11-/m1/s1. The highest BCUT2D eigenvalue weighted by Gasteiger charge is 2.10. The molecule has 1 atom stereocenters. The molecule has 2 rings (SSSR count). The fourth-order valence-corrected chi connectivity index (χ4v) is 2.47. The van der Waals surface area contributed by atoms with E-state index in [4.69, 9.17) is 0 Å². The number of nitrogens with zero attached hydrogens (tertiary/aromatic N) is 1. The number of aromatic nitrogens is 2. The van der Waals surface area contributed by atoms with E-state index in [1.807, 2.05) is 6.92 Å². The van der Waals surface area contributed by atoms with Crippen molar-refractivity contribution in [3.8, 4) is 0 Å². The van der Waals surface area contributed by atoms with Crippen molar-refractivity contribution in [1.82, 2.24) is 15.1 Å². The van der Waals surface area contributed by atoms with E-state index in [9.17, 15) is 14.4 Å². The van der Waals surface area contributed by atoms with Crippen LogP contribution < -0.4 is 16.4 Å². The first-order valence-corrected chi connectivity index (χ1v) is 7.54. The number of aryl methyl sites for hydroxylation is 1. The topological polar surface area (TPSA) is 84.0 Å². The van der Waals surface area contributed by atoms with Crippen molar-refractivity contribution in [2.75, 3.05) is 0 Å². The van der Waals surface area contributed by atoms with Gasteiger partial charge in [-0.05, 0) is 25.5 Å². The van der Waals surface area contributed by atoms with E-state index in [1.165, 1.54) is 4.68 Å². The molecule has 2 aromatic rings. The number of benzene rings is 1. The zero-order valence-electron chi connectivity index (χ0n) is 12.9. The molecule has 0 aliphatic carbocycles. The van der Waals surface area contributed by atoms with Crippen LogP contribution in [-0.4, -0.2) is 21.7 Å². The molecule has 6 heteroatoms. The minimum atomic E-state index is -0.324. The van der Waals surface area contributed by atoms with Crippen LogP contribution in [0.25, 0.3) is 10.8 Å². The van der Waals surface area contributed by atoms with Gasteiger partial charge in [-0.1, -0.05) is 25.5 Å².